The van der Waals surface area contributed by atoms with Crippen LogP contribution in [0.5, 0.6) is 0 Å². The molecule has 64 valence electrons. The molecule has 1 unspecified atom stereocenters. The quantitative estimate of drug-likeness (QED) is 0.593. The SMILES string of the molecule is C=CCN1CC(C)NC[C@@H]1C. The van der Waals surface area contributed by atoms with Gasteiger partial charge in [0.25, 0.3) is 0 Å². The van der Waals surface area contributed by atoms with Crippen molar-refractivity contribution in [2.24, 2.45) is 0 Å². The fourth-order valence-electron chi connectivity index (χ4n) is 1.52. The lowest BCUT2D eigenvalue weighted by molar-refractivity contribution is 0.163. The van der Waals surface area contributed by atoms with Gasteiger partial charge in [0.05, 0.1) is 0 Å². The van der Waals surface area contributed by atoms with Gasteiger partial charge < -0.3 is 5.32 Å². The molecular weight excluding hydrogens is 136 g/mol. The maximum Gasteiger partial charge on any atom is 0.0196 e. The van der Waals surface area contributed by atoms with Crippen molar-refractivity contribution in [3.63, 3.8) is 0 Å². The molecule has 2 atom stereocenters. The van der Waals surface area contributed by atoms with Gasteiger partial charge in [-0.25, -0.2) is 0 Å². The Labute approximate surface area is 69.3 Å². The van der Waals surface area contributed by atoms with E-state index in [1.807, 2.05) is 6.08 Å². The van der Waals surface area contributed by atoms with E-state index in [9.17, 15) is 0 Å². The van der Waals surface area contributed by atoms with E-state index in [0.29, 0.717) is 12.1 Å². The van der Waals surface area contributed by atoms with E-state index in [1.54, 1.807) is 0 Å². The van der Waals surface area contributed by atoms with E-state index >= 15 is 0 Å². The van der Waals surface area contributed by atoms with Crippen molar-refractivity contribution >= 4 is 0 Å². The molecule has 0 spiro atoms. The van der Waals surface area contributed by atoms with Crippen LogP contribution < -0.4 is 5.32 Å². The van der Waals surface area contributed by atoms with Crippen molar-refractivity contribution in [1.29, 1.82) is 0 Å². The smallest absolute Gasteiger partial charge is 0.0196 e. The summed E-state index contributed by atoms with van der Waals surface area (Å²) in [5.74, 6) is 0. The number of hydrogen-bond donors (Lipinski definition) is 1. The first-order chi connectivity index (χ1) is 5.24. The second-order valence-electron chi connectivity index (χ2n) is 3.40. The Kier molecular flexibility index (Phi) is 3.09. The molecule has 1 fully saturated rings. The molecular formula is C9H18N2. The Morgan fingerprint density at radius 3 is 3.00 bits per heavy atom. The summed E-state index contributed by atoms with van der Waals surface area (Å²) in [5, 5.41) is 3.44. The molecule has 0 amide bonds. The highest BCUT2D eigenvalue weighted by Crippen LogP contribution is 2.05. The van der Waals surface area contributed by atoms with Crippen LogP contribution in [0.1, 0.15) is 13.8 Å². The van der Waals surface area contributed by atoms with Gasteiger partial charge in [-0.1, -0.05) is 6.08 Å². The van der Waals surface area contributed by atoms with E-state index in [2.05, 4.69) is 30.6 Å². The summed E-state index contributed by atoms with van der Waals surface area (Å²) in [7, 11) is 0. The molecule has 11 heavy (non-hydrogen) atoms. The van der Waals surface area contributed by atoms with Gasteiger partial charge in [0.2, 0.25) is 0 Å². The molecule has 1 saturated heterocycles. The third-order valence-corrected chi connectivity index (χ3v) is 2.26. The van der Waals surface area contributed by atoms with Gasteiger partial charge in [-0.15, -0.1) is 6.58 Å². The zero-order valence-electron chi connectivity index (χ0n) is 7.51. The minimum absolute atomic E-state index is 0.631. The average Bonchev–Trinajstić information content (AvgIpc) is 1.98. The van der Waals surface area contributed by atoms with Gasteiger partial charge in [0.1, 0.15) is 0 Å². The summed E-state index contributed by atoms with van der Waals surface area (Å²) in [4.78, 5) is 2.45. The summed E-state index contributed by atoms with van der Waals surface area (Å²) in [6.07, 6.45) is 1.98. The van der Waals surface area contributed by atoms with Crippen LogP contribution in [-0.4, -0.2) is 36.6 Å². The van der Waals surface area contributed by atoms with Gasteiger partial charge in [-0.3, -0.25) is 4.90 Å². The number of nitrogens with zero attached hydrogens (tertiary/aromatic N) is 1. The first-order valence-electron chi connectivity index (χ1n) is 4.32. The number of nitrogens with one attached hydrogen (secondary N) is 1. The predicted molar refractivity (Wildman–Crippen MR) is 48.7 cm³/mol. The van der Waals surface area contributed by atoms with Crippen LogP contribution in [0.4, 0.5) is 0 Å². The van der Waals surface area contributed by atoms with Crippen molar-refractivity contribution in [2.75, 3.05) is 19.6 Å². The van der Waals surface area contributed by atoms with Crippen LogP contribution in [-0.2, 0) is 0 Å². The minimum atomic E-state index is 0.631. The molecule has 1 N–H and O–H groups in total. The Morgan fingerprint density at radius 1 is 1.64 bits per heavy atom. The summed E-state index contributed by atoms with van der Waals surface area (Å²) >= 11 is 0. The van der Waals surface area contributed by atoms with Crippen LogP contribution in [0.3, 0.4) is 0 Å². The van der Waals surface area contributed by atoms with Crippen LogP contribution in [0, 0.1) is 0 Å². The molecule has 0 bridgehead atoms. The van der Waals surface area contributed by atoms with Crippen LogP contribution in [0.25, 0.3) is 0 Å². The largest absolute Gasteiger partial charge is 0.311 e. The first-order valence-corrected chi connectivity index (χ1v) is 4.32. The third kappa shape index (κ3) is 2.31. The van der Waals surface area contributed by atoms with Gasteiger partial charge in [0, 0.05) is 31.7 Å². The van der Waals surface area contributed by atoms with E-state index in [1.165, 1.54) is 0 Å². The highest BCUT2D eigenvalue weighted by atomic mass is 15.2. The lowest BCUT2D eigenvalue weighted by Gasteiger charge is -2.36. The van der Waals surface area contributed by atoms with Gasteiger partial charge in [-0.2, -0.15) is 0 Å². The Morgan fingerprint density at radius 2 is 2.36 bits per heavy atom. The Bertz CT molecular complexity index is 134. The molecule has 2 nitrogen and oxygen atoms in total. The molecule has 0 saturated carbocycles. The van der Waals surface area contributed by atoms with E-state index in [0.717, 1.165) is 19.6 Å². The number of piperazine rings is 1. The second kappa shape index (κ2) is 3.88. The minimum Gasteiger partial charge on any atom is -0.311 e. The van der Waals surface area contributed by atoms with Crippen molar-refractivity contribution in [1.82, 2.24) is 10.2 Å². The van der Waals surface area contributed by atoms with Gasteiger partial charge >= 0.3 is 0 Å². The average molecular weight is 154 g/mol. The Balaban J connectivity index is 2.40. The molecule has 1 aliphatic rings. The van der Waals surface area contributed by atoms with Crippen LogP contribution in [0.2, 0.25) is 0 Å². The Hall–Kier alpha value is -0.340. The normalized spacial score (nSPS) is 33.6. The van der Waals surface area contributed by atoms with Crippen LogP contribution in [0.15, 0.2) is 12.7 Å². The van der Waals surface area contributed by atoms with Gasteiger partial charge in [-0.05, 0) is 13.8 Å². The van der Waals surface area contributed by atoms with Crippen molar-refractivity contribution in [3.05, 3.63) is 12.7 Å². The standard InChI is InChI=1S/C9H18N2/c1-4-5-11-7-8(2)10-6-9(11)3/h4,8-10H,1,5-7H2,2-3H3/t8?,9-/m0/s1. The van der Waals surface area contributed by atoms with Crippen molar-refractivity contribution < 1.29 is 0 Å². The van der Waals surface area contributed by atoms with Crippen molar-refractivity contribution in [3.8, 4) is 0 Å². The lowest BCUT2D eigenvalue weighted by atomic mass is 10.1. The summed E-state index contributed by atoms with van der Waals surface area (Å²) in [6.45, 7) is 11.5. The van der Waals surface area contributed by atoms with Crippen molar-refractivity contribution in [2.45, 2.75) is 25.9 Å². The number of rotatable bonds is 2. The zero-order valence-corrected chi connectivity index (χ0v) is 7.51. The highest BCUT2D eigenvalue weighted by molar-refractivity contribution is 4.85. The molecule has 1 heterocycles. The first kappa shape index (κ1) is 8.75. The van der Waals surface area contributed by atoms with E-state index in [4.69, 9.17) is 0 Å². The summed E-state index contributed by atoms with van der Waals surface area (Å²) in [6, 6.07) is 1.29. The molecule has 1 rings (SSSR count). The monoisotopic (exact) mass is 154 g/mol. The molecule has 0 aromatic rings. The summed E-state index contributed by atoms with van der Waals surface area (Å²) < 4.78 is 0. The second-order valence-corrected chi connectivity index (χ2v) is 3.40. The molecule has 2 heteroatoms. The lowest BCUT2D eigenvalue weighted by Crippen LogP contribution is -2.54. The van der Waals surface area contributed by atoms with E-state index in [-0.39, 0.29) is 0 Å². The van der Waals surface area contributed by atoms with Gasteiger partial charge in [0.15, 0.2) is 0 Å². The highest BCUT2D eigenvalue weighted by Gasteiger charge is 2.20. The third-order valence-electron chi connectivity index (χ3n) is 2.26. The molecule has 0 aromatic heterocycles. The zero-order chi connectivity index (χ0) is 8.27. The molecule has 1 aliphatic heterocycles. The topological polar surface area (TPSA) is 15.3 Å². The number of hydrogen-bond acceptors (Lipinski definition) is 2. The molecule has 0 radical (unpaired) electrons. The molecule has 0 aliphatic carbocycles. The maximum absolute atomic E-state index is 3.75. The fraction of sp³-hybridized carbons (Fsp3) is 0.778. The van der Waals surface area contributed by atoms with Crippen LogP contribution >= 0.6 is 0 Å². The summed E-state index contributed by atoms with van der Waals surface area (Å²) in [5.41, 5.74) is 0. The molecule has 0 aromatic carbocycles. The fourth-order valence-corrected chi connectivity index (χ4v) is 1.52. The van der Waals surface area contributed by atoms with E-state index < -0.39 is 0 Å². The predicted octanol–water partition coefficient (Wildman–Crippen LogP) is 0.855. The maximum atomic E-state index is 3.75.